The van der Waals surface area contributed by atoms with Crippen molar-refractivity contribution in [3.63, 3.8) is 0 Å². The van der Waals surface area contributed by atoms with E-state index in [0.717, 1.165) is 12.3 Å². The van der Waals surface area contributed by atoms with E-state index in [1.807, 2.05) is 91.0 Å². The number of pyridine rings is 1. The molecule has 0 atom stereocenters. The van der Waals surface area contributed by atoms with E-state index in [1.54, 1.807) is 4.68 Å². The maximum Gasteiger partial charge on any atom is 0.471 e. The summed E-state index contributed by atoms with van der Waals surface area (Å²) in [6.07, 6.45) is -3.01. The van der Waals surface area contributed by atoms with Crippen LogP contribution in [0.1, 0.15) is 39.9 Å². The van der Waals surface area contributed by atoms with Gasteiger partial charge in [-0.15, -0.1) is 0 Å². The summed E-state index contributed by atoms with van der Waals surface area (Å²) in [5.41, 5.74) is 0.296. The van der Waals surface area contributed by atoms with Crippen molar-refractivity contribution in [1.82, 2.24) is 14.8 Å². The lowest BCUT2D eigenvalue weighted by Gasteiger charge is -2.37. The van der Waals surface area contributed by atoms with Crippen LogP contribution in [-0.4, -0.2) is 60.4 Å². The summed E-state index contributed by atoms with van der Waals surface area (Å²) in [7, 11) is -4.61. The summed E-state index contributed by atoms with van der Waals surface area (Å²) in [4.78, 5) is 31.0. The van der Waals surface area contributed by atoms with Gasteiger partial charge in [0.25, 0.3) is 5.91 Å². The number of alkyl halides is 3. The molecule has 5 aromatic carbocycles. The van der Waals surface area contributed by atoms with Gasteiger partial charge in [0.1, 0.15) is 17.2 Å². The van der Waals surface area contributed by atoms with Crippen LogP contribution in [0.2, 0.25) is 0 Å². The number of hydrogen-bond acceptors (Lipinski definition) is 7. The number of fused-ring (bicyclic) bond motifs is 1. The molecule has 2 amide bonds. The van der Waals surface area contributed by atoms with Gasteiger partial charge < -0.3 is 10.1 Å². The molecule has 0 unspecified atom stereocenters. The monoisotopic (exact) mass is 851 g/mol. The first-order valence-electron chi connectivity index (χ1n) is 18.9. The summed E-state index contributed by atoms with van der Waals surface area (Å²) in [5, 5.41) is 7.74. The lowest BCUT2D eigenvalue weighted by Crippen LogP contribution is -2.50. The molecule has 0 bridgehead atoms. The third-order valence-corrected chi connectivity index (χ3v) is 12.3. The third-order valence-electron chi connectivity index (χ3n) is 10.6. The van der Waals surface area contributed by atoms with Crippen LogP contribution in [0.4, 0.5) is 33.5 Å². The molecule has 1 fully saturated rings. The zero-order valence-electron chi connectivity index (χ0n) is 31.9. The van der Waals surface area contributed by atoms with Gasteiger partial charge >= 0.3 is 12.1 Å². The molecule has 16 heteroatoms. The topological polar surface area (TPSA) is 123 Å². The number of amides is 2. The molecule has 10 nitrogen and oxygen atoms in total. The van der Waals surface area contributed by atoms with Crippen LogP contribution >= 0.6 is 0 Å². The first kappa shape index (κ1) is 41.0. The lowest BCUT2D eigenvalue weighted by atomic mass is 9.77. The Balaban J connectivity index is 1.37. The number of ether oxygens (including phenoxy) is 1. The molecular formula is C45H34F5N5O5S. The minimum atomic E-state index is -5.31. The molecule has 8 rings (SSSR count). The molecule has 310 valence electrons. The predicted octanol–water partition coefficient (Wildman–Crippen LogP) is 8.71. The van der Waals surface area contributed by atoms with Crippen molar-refractivity contribution in [1.29, 1.82) is 0 Å². The molecule has 0 radical (unpaired) electrons. The molecule has 3 heterocycles. The number of benzene rings is 5. The van der Waals surface area contributed by atoms with Crippen molar-refractivity contribution in [2.45, 2.75) is 40.4 Å². The van der Waals surface area contributed by atoms with E-state index < -0.39 is 66.5 Å². The number of nitrogens with one attached hydrogen (secondary N) is 1. The van der Waals surface area contributed by atoms with E-state index >= 15 is 0 Å². The molecule has 61 heavy (non-hydrogen) atoms. The molecule has 0 saturated carbocycles. The highest BCUT2D eigenvalue weighted by atomic mass is 32.2. The summed E-state index contributed by atoms with van der Waals surface area (Å²) < 4.78 is 106. The van der Waals surface area contributed by atoms with E-state index in [9.17, 15) is 40.0 Å². The van der Waals surface area contributed by atoms with Crippen LogP contribution in [0.15, 0.2) is 156 Å². The average molecular weight is 852 g/mol. The number of aromatic nitrogens is 3. The van der Waals surface area contributed by atoms with Crippen molar-refractivity contribution in [3.05, 3.63) is 180 Å². The number of nitrogens with zero attached hydrogens (tertiary/aromatic N) is 4. The van der Waals surface area contributed by atoms with Crippen LogP contribution in [-0.2, 0) is 24.9 Å². The fourth-order valence-electron chi connectivity index (χ4n) is 7.83. The Bertz CT molecular complexity index is 2740. The Morgan fingerprint density at radius 1 is 0.738 bits per heavy atom. The highest BCUT2D eigenvalue weighted by molar-refractivity contribution is 7.91. The van der Waals surface area contributed by atoms with Crippen LogP contribution in [0.3, 0.4) is 0 Å². The molecule has 1 aliphatic heterocycles. The Labute approximate surface area is 346 Å². The van der Waals surface area contributed by atoms with Gasteiger partial charge in [0.2, 0.25) is 9.84 Å². The second-order valence-electron chi connectivity index (χ2n) is 14.2. The number of rotatable bonds is 10. The largest absolute Gasteiger partial charge is 0.471 e. The number of halogens is 5. The van der Waals surface area contributed by atoms with Crippen molar-refractivity contribution >= 4 is 44.1 Å². The van der Waals surface area contributed by atoms with Gasteiger partial charge in [0.05, 0.1) is 32.8 Å². The number of anilines is 2. The van der Waals surface area contributed by atoms with Crippen molar-refractivity contribution in [2.75, 3.05) is 23.4 Å². The minimum absolute atomic E-state index is 0.0433. The number of sulfone groups is 1. The highest BCUT2D eigenvalue weighted by Crippen LogP contribution is 2.44. The molecule has 1 N–H and O–H groups in total. The van der Waals surface area contributed by atoms with E-state index in [1.165, 1.54) is 24.4 Å². The number of hydrogen-bond donors (Lipinski definition) is 1. The normalized spacial score (nSPS) is 13.9. The smallest absolute Gasteiger partial charge is 0.381 e. The van der Waals surface area contributed by atoms with Gasteiger partial charge in [0.15, 0.2) is 5.82 Å². The quantitative estimate of drug-likeness (QED) is 0.108. The average Bonchev–Trinajstić information content (AvgIpc) is 3.62. The standard InChI is InChI=1S/C45H34F5N5O5S/c46-32-24-33(47)26-36(25-32)61(58,59)35-16-17-39-38(27-35)41(52-42(56)37-18-21-51-28-40(37)54(43(57)45(48,49)50)34-19-22-60-23-20-34)53-55(39)44(29-10-4-1-5-11-29,30-12-6-2-7-13-30)31-14-8-3-9-15-31/h1-18,21,24-28,34H,19-20,22-23H2,(H,52,53,56). The van der Waals surface area contributed by atoms with Gasteiger partial charge in [-0.25, -0.2) is 21.9 Å². The first-order valence-corrected chi connectivity index (χ1v) is 20.4. The van der Waals surface area contributed by atoms with Crippen LogP contribution in [0.25, 0.3) is 10.9 Å². The lowest BCUT2D eigenvalue weighted by molar-refractivity contribution is -0.171. The van der Waals surface area contributed by atoms with Gasteiger partial charge in [-0.1, -0.05) is 91.0 Å². The van der Waals surface area contributed by atoms with Gasteiger partial charge in [0, 0.05) is 36.9 Å². The molecule has 1 aliphatic rings. The number of carbonyl (C=O) groups excluding carboxylic acids is 2. The van der Waals surface area contributed by atoms with Crippen LogP contribution in [0, 0.1) is 11.6 Å². The van der Waals surface area contributed by atoms with E-state index in [4.69, 9.17) is 9.84 Å². The summed E-state index contributed by atoms with van der Waals surface area (Å²) >= 11 is 0. The molecule has 7 aromatic rings. The predicted molar refractivity (Wildman–Crippen MR) is 216 cm³/mol. The number of carbonyl (C=O) groups is 2. The maximum absolute atomic E-state index is 14.6. The SMILES string of the molecule is O=C(Nc1nn(C(c2ccccc2)(c2ccccc2)c2ccccc2)c2ccc(S(=O)(=O)c3cc(F)cc(F)c3)cc12)c1ccncc1N(C(=O)C(F)(F)F)C1CCOCC1. The Kier molecular flexibility index (Phi) is 11.0. The Morgan fingerprint density at radius 3 is 1.84 bits per heavy atom. The summed E-state index contributed by atoms with van der Waals surface area (Å²) in [6.45, 7) is 0.161. The van der Waals surface area contributed by atoms with E-state index in [2.05, 4.69) is 10.3 Å². The molecule has 0 aliphatic carbocycles. The minimum Gasteiger partial charge on any atom is -0.381 e. The fraction of sp³-hybridized carbons (Fsp3) is 0.156. The first-order chi connectivity index (χ1) is 29.3. The maximum atomic E-state index is 14.6. The zero-order chi connectivity index (χ0) is 42.9. The van der Waals surface area contributed by atoms with E-state index in [-0.39, 0.29) is 48.3 Å². The summed E-state index contributed by atoms with van der Waals surface area (Å²) in [6, 6.07) is 33.8. The van der Waals surface area contributed by atoms with Crippen molar-refractivity contribution in [2.24, 2.45) is 0 Å². The molecule has 0 spiro atoms. The molecule has 2 aromatic heterocycles. The Morgan fingerprint density at radius 2 is 1.30 bits per heavy atom. The van der Waals surface area contributed by atoms with Crippen LogP contribution < -0.4 is 10.2 Å². The second kappa shape index (κ2) is 16.3. The second-order valence-corrected chi connectivity index (χ2v) is 16.2. The van der Waals surface area contributed by atoms with Gasteiger partial charge in [-0.3, -0.25) is 19.5 Å². The Hall–Kier alpha value is -6.78. The van der Waals surface area contributed by atoms with Crippen molar-refractivity contribution < 1.29 is 44.7 Å². The molecular weight excluding hydrogens is 818 g/mol. The third kappa shape index (κ3) is 7.64. The fourth-order valence-corrected chi connectivity index (χ4v) is 9.16. The zero-order valence-corrected chi connectivity index (χ0v) is 32.7. The van der Waals surface area contributed by atoms with Gasteiger partial charge in [-0.2, -0.15) is 18.3 Å². The molecule has 1 saturated heterocycles. The summed E-state index contributed by atoms with van der Waals surface area (Å²) in [5.74, 6) is -5.66. The van der Waals surface area contributed by atoms with Crippen molar-refractivity contribution in [3.8, 4) is 0 Å². The van der Waals surface area contributed by atoms with Gasteiger partial charge in [-0.05, 0) is 65.9 Å². The van der Waals surface area contributed by atoms with E-state index in [0.29, 0.717) is 39.8 Å². The van der Waals surface area contributed by atoms with Crippen LogP contribution in [0.5, 0.6) is 0 Å². The highest BCUT2D eigenvalue weighted by Gasteiger charge is 2.47.